The summed E-state index contributed by atoms with van der Waals surface area (Å²) < 4.78 is 11.1. The van der Waals surface area contributed by atoms with E-state index >= 15 is 0 Å². The van der Waals surface area contributed by atoms with Gasteiger partial charge in [-0.25, -0.2) is 0 Å². The molecule has 1 fully saturated rings. The summed E-state index contributed by atoms with van der Waals surface area (Å²) in [7, 11) is 1.80. The van der Waals surface area contributed by atoms with Crippen molar-refractivity contribution in [2.45, 2.75) is 52.1 Å². The van der Waals surface area contributed by atoms with Gasteiger partial charge >= 0.3 is 0 Å². The van der Waals surface area contributed by atoms with E-state index in [2.05, 4.69) is 26.1 Å². The van der Waals surface area contributed by atoms with Gasteiger partial charge in [-0.3, -0.25) is 0 Å². The van der Waals surface area contributed by atoms with Crippen LogP contribution in [-0.2, 0) is 9.47 Å². The molecule has 0 amide bonds. The summed E-state index contributed by atoms with van der Waals surface area (Å²) in [5.74, 6) is 0. The van der Waals surface area contributed by atoms with Gasteiger partial charge in [0.2, 0.25) is 0 Å². The fraction of sp³-hybridized carbons (Fsp3) is 1.00. The van der Waals surface area contributed by atoms with Crippen molar-refractivity contribution in [1.29, 1.82) is 0 Å². The first-order valence-electron chi connectivity index (χ1n) is 6.87. The average molecular weight is 243 g/mol. The standard InChI is InChI=1S/C14H29NO2/c1-5-9-15-11-14(8-10-17-12-14)7-6-13(2,3)16-4/h15H,5-12H2,1-4H3. The molecule has 0 aromatic carbocycles. The van der Waals surface area contributed by atoms with Crippen LogP contribution in [-0.4, -0.2) is 39.0 Å². The molecule has 3 heteroatoms. The summed E-state index contributed by atoms with van der Waals surface area (Å²) in [6.45, 7) is 10.5. The Morgan fingerprint density at radius 2 is 2.18 bits per heavy atom. The maximum Gasteiger partial charge on any atom is 0.0623 e. The van der Waals surface area contributed by atoms with Crippen molar-refractivity contribution < 1.29 is 9.47 Å². The van der Waals surface area contributed by atoms with E-state index < -0.39 is 0 Å². The number of nitrogens with one attached hydrogen (secondary N) is 1. The minimum atomic E-state index is -0.0135. The summed E-state index contributed by atoms with van der Waals surface area (Å²) in [5.41, 5.74) is 0.325. The zero-order valence-corrected chi connectivity index (χ0v) is 12.0. The quantitative estimate of drug-likeness (QED) is 0.665. The zero-order chi connectivity index (χ0) is 12.8. The smallest absolute Gasteiger partial charge is 0.0623 e. The van der Waals surface area contributed by atoms with Gasteiger partial charge in [-0.15, -0.1) is 0 Å². The second-order valence-electron chi connectivity index (χ2n) is 5.94. The Kier molecular flexibility index (Phi) is 5.90. The van der Waals surface area contributed by atoms with E-state index in [4.69, 9.17) is 9.47 Å². The molecule has 0 saturated carbocycles. The predicted molar refractivity (Wildman–Crippen MR) is 71.4 cm³/mol. The van der Waals surface area contributed by atoms with Crippen LogP contribution in [0.25, 0.3) is 0 Å². The molecule has 0 radical (unpaired) electrons. The topological polar surface area (TPSA) is 30.5 Å². The van der Waals surface area contributed by atoms with E-state index in [1.165, 1.54) is 19.3 Å². The Balaban J connectivity index is 2.42. The van der Waals surface area contributed by atoms with Gasteiger partial charge < -0.3 is 14.8 Å². The number of hydrogen-bond acceptors (Lipinski definition) is 3. The van der Waals surface area contributed by atoms with E-state index in [1.54, 1.807) is 7.11 Å². The lowest BCUT2D eigenvalue weighted by atomic mass is 9.79. The van der Waals surface area contributed by atoms with Crippen LogP contribution in [0.2, 0.25) is 0 Å². The lowest BCUT2D eigenvalue weighted by molar-refractivity contribution is 0.00219. The highest BCUT2D eigenvalue weighted by molar-refractivity contribution is 4.87. The third kappa shape index (κ3) is 4.94. The highest BCUT2D eigenvalue weighted by atomic mass is 16.5. The lowest BCUT2D eigenvalue weighted by Gasteiger charge is -2.32. The summed E-state index contributed by atoms with van der Waals surface area (Å²) in [6.07, 6.45) is 4.66. The molecule has 1 unspecified atom stereocenters. The van der Waals surface area contributed by atoms with Crippen molar-refractivity contribution in [1.82, 2.24) is 5.32 Å². The van der Waals surface area contributed by atoms with Crippen molar-refractivity contribution >= 4 is 0 Å². The predicted octanol–water partition coefficient (Wildman–Crippen LogP) is 2.60. The average Bonchev–Trinajstić information content (AvgIpc) is 2.77. The van der Waals surface area contributed by atoms with Crippen LogP contribution < -0.4 is 5.32 Å². The molecule has 1 N–H and O–H groups in total. The summed E-state index contributed by atoms with van der Waals surface area (Å²) in [5, 5.41) is 3.55. The second-order valence-corrected chi connectivity index (χ2v) is 5.94. The van der Waals surface area contributed by atoms with E-state index in [1.807, 2.05) is 0 Å². The molecule has 0 aromatic rings. The molecule has 1 aliphatic heterocycles. The Labute approximate surface area is 106 Å². The van der Waals surface area contributed by atoms with Crippen LogP contribution in [0.4, 0.5) is 0 Å². The summed E-state index contributed by atoms with van der Waals surface area (Å²) in [4.78, 5) is 0. The number of rotatable bonds is 8. The minimum Gasteiger partial charge on any atom is -0.381 e. The Bertz CT molecular complexity index is 210. The monoisotopic (exact) mass is 243 g/mol. The molecular weight excluding hydrogens is 214 g/mol. The van der Waals surface area contributed by atoms with E-state index in [0.29, 0.717) is 5.41 Å². The molecule has 0 aliphatic carbocycles. The fourth-order valence-electron chi connectivity index (χ4n) is 2.27. The highest BCUT2D eigenvalue weighted by Crippen LogP contribution is 2.35. The second kappa shape index (κ2) is 6.72. The van der Waals surface area contributed by atoms with Gasteiger partial charge in [-0.2, -0.15) is 0 Å². The van der Waals surface area contributed by atoms with E-state index in [9.17, 15) is 0 Å². The minimum absolute atomic E-state index is 0.0135. The number of ether oxygens (including phenoxy) is 2. The van der Waals surface area contributed by atoms with Crippen molar-refractivity contribution in [3.05, 3.63) is 0 Å². The van der Waals surface area contributed by atoms with Gasteiger partial charge in [0.05, 0.1) is 12.2 Å². The van der Waals surface area contributed by atoms with Gasteiger partial charge in [0.15, 0.2) is 0 Å². The SMILES string of the molecule is CCCNCC1(CCC(C)(C)OC)CCOC1. The van der Waals surface area contributed by atoms with Gasteiger partial charge in [-0.1, -0.05) is 6.92 Å². The number of hydrogen-bond donors (Lipinski definition) is 1. The highest BCUT2D eigenvalue weighted by Gasteiger charge is 2.35. The zero-order valence-electron chi connectivity index (χ0n) is 12.0. The summed E-state index contributed by atoms with van der Waals surface area (Å²) >= 11 is 0. The lowest BCUT2D eigenvalue weighted by Crippen LogP contribution is -2.37. The molecule has 0 aromatic heterocycles. The van der Waals surface area contributed by atoms with Gasteiger partial charge in [0.1, 0.15) is 0 Å². The molecule has 17 heavy (non-hydrogen) atoms. The maximum absolute atomic E-state index is 5.61. The summed E-state index contributed by atoms with van der Waals surface area (Å²) in [6, 6.07) is 0. The van der Waals surface area contributed by atoms with Crippen LogP contribution in [0.1, 0.15) is 46.5 Å². The van der Waals surface area contributed by atoms with Crippen LogP contribution in [0.3, 0.4) is 0 Å². The third-order valence-corrected chi connectivity index (χ3v) is 3.92. The molecule has 1 rings (SSSR count). The van der Waals surface area contributed by atoms with Crippen LogP contribution in [0.5, 0.6) is 0 Å². The Morgan fingerprint density at radius 3 is 2.71 bits per heavy atom. The van der Waals surface area contributed by atoms with E-state index in [0.717, 1.165) is 32.7 Å². The molecule has 1 heterocycles. The van der Waals surface area contributed by atoms with Gasteiger partial charge in [0, 0.05) is 25.7 Å². The molecule has 1 saturated heterocycles. The first-order chi connectivity index (χ1) is 8.04. The molecule has 3 nitrogen and oxygen atoms in total. The van der Waals surface area contributed by atoms with Gasteiger partial charge in [0.25, 0.3) is 0 Å². The maximum atomic E-state index is 5.61. The van der Waals surface area contributed by atoms with Crippen molar-refractivity contribution in [2.75, 3.05) is 33.4 Å². The Hall–Kier alpha value is -0.120. The first-order valence-corrected chi connectivity index (χ1v) is 6.87. The molecule has 1 atom stereocenters. The Morgan fingerprint density at radius 1 is 1.41 bits per heavy atom. The molecule has 0 bridgehead atoms. The fourth-order valence-corrected chi connectivity index (χ4v) is 2.27. The largest absolute Gasteiger partial charge is 0.381 e. The van der Waals surface area contributed by atoms with Crippen molar-refractivity contribution in [2.24, 2.45) is 5.41 Å². The molecule has 102 valence electrons. The van der Waals surface area contributed by atoms with Crippen molar-refractivity contribution in [3.8, 4) is 0 Å². The molecular formula is C14H29NO2. The van der Waals surface area contributed by atoms with E-state index in [-0.39, 0.29) is 5.60 Å². The van der Waals surface area contributed by atoms with Crippen LogP contribution in [0.15, 0.2) is 0 Å². The third-order valence-electron chi connectivity index (χ3n) is 3.92. The van der Waals surface area contributed by atoms with Crippen LogP contribution >= 0.6 is 0 Å². The first kappa shape index (κ1) is 14.9. The van der Waals surface area contributed by atoms with Crippen LogP contribution in [0, 0.1) is 5.41 Å². The molecule has 0 spiro atoms. The number of methoxy groups -OCH3 is 1. The van der Waals surface area contributed by atoms with Crippen molar-refractivity contribution in [3.63, 3.8) is 0 Å². The van der Waals surface area contributed by atoms with Gasteiger partial charge in [-0.05, 0) is 46.1 Å². The normalized spacial score (nSPS) is 25.4. The molecule has 1 aliphatic rings.